The molecule has 2 aromatic rings. The molecule has 1 unspecified atom stereocenters. The van der Waals surface area contributed by atoms with Crippen molar-refractivity contribution in [3.8, 4) is 0 Å². The largest absolute Gasteiger partial charge is 0.449 e. The number of ether oxygens (including phenoxy) is 2. The molecule has 0 aliphatic carbocycles. The molecule has 1 saturated heterocycles. The van der Waals surface area contributed by atoms with Crippen LogP contribution in [0.15, 0.2) is 39.8 Å². The van der Waals surface area contributed by atoms with Gasteiger partial charge in [-0.15, -0.1) is 0 Å². The first-order valence-corrected chi connectivity index (χ1v) is 11.9. The molecular weight excluding hydrogens is 474 g/mol. The van der Waals surface area contributed by atoms with Crippen LogP contribution in [0.3, 0.4) is 0 Å². The van der Waals surface area contributed by atoms with Crippen LogP contribution in [0.2, 0.25) is 0 Å². The van der Waals surface area contributed by atoms with Crippen LogP contribution in [-0.4, -0.2) is 52.0 Å². The highest BCUT2D eigenvalue weighted by atomic mass is 79.9. The van der Waals surface area contributed by atoms with Gasteiger partial charge < -0.3 is 20.1 Å². The third kappa shape index (κ3) is 6.07. The van der Waals surface area contributed by atoms with Gasteiger partial charge in [-0.1, -0.05) is 0 Å². The lowest BCUT2D eigenvalue weighted by atomic mass is 10.1. The van der Waals surface area contributed by atoms with E-state index >= 15 is 0 Å². The number of carbonyl (C=O) groups excluding carboxylic acids is 1. The number of nitrogens with zero attached hydrogens (tertiary/aromatic N) is 2. The van der Waals surface area contributed by atoms with E-state index in [1.807, 2.05) is 0 Å². The SMILES string of the molecule is C=S(=O)(NC(=O)OCC)c1ccc(Nc2ncc(Br)c(NC3CCOCC3)n2)cc1. The molecule has 1 aromatic carbocycles. The van der Waals surface area contributed by atoms with Crippen LogP contribution in [0.5, 0.6) is 0 Å². The van der Waals surface area contributed by atoms with E-state index in [9.17, 15) is 9.00 Å². The Morgan fingerprint density at radius 2 is 2.03 bits per heavy atom. The van der Waals surface area contributed by atoms with Gasteiger partial charge in [-0.05, 0) is 65.8 Å². The summed E-state index contributed by atoms with van der Waals surface area (Å²) in [5, 5.41) is 6.53. The number of halogens is 1. The molecule has 1 aliphatic rings. The Hall–Kier alpha value is -2.37. The Bertz CT molecular complexity index is 979. The van der Waals surface area contributed by atoms with Crippen molar-refractivity contribution in [2.75, 3.05) is 30.5 Å². The van der Waals surface area contributed by atoms with Crippen LogP contribution < -0.4 is 15.4 Å². The molecule has 3 N–H and O–H groups in total. The van der Waals surface area contributed by atoms with Gasteiger partial charge in [0.1, 0.15) is 5.82 Å². The number of anilines is 3. The van der Waals surface area contributed by atoms with Crippen LogP contribution in [0, 0.1) is 0 Å². The zero-order valence-corrected chi connectivity index (χ0v) is 18.9. The first-order valence-electron chi connectivity index (χ1n) is 9.43. The quantitative estimate of drug-likeness (QED) is 0.499. The Labute approximate surface area is 184 Å². The number of aromatic nitrogens is 2. The van der Waals surface area contributed by atoms with Gasteiger partial charge in [0.15, 0.2) is 0 Å². The predicted octanol–water partition coefficient (Wildman–Crippen LogP) is 3.31. The normalized spacial score (nSPS) is 16.3. The third-order valence-electron chi connectivity index (χ3n) is 4.32. The summed E-state index contributed by atoms with van der Waals surface area (Å²) in [7, 11) is -3.01. The molecule has 162 valence electrons. The number of nitrogens with one attached hydrogen (secondary N) is 3. The summed E-state index contributed by atoms with van der Waals surface area (Å²) in [6, 6.07) is 6.95. The second-order valence-electron chi connectivity index (χ2n) is 6.57. The van der Waals surface area contributed by atoms with E-state index in [1.54, 1.807) is 37.4 Å². The van der Waals surface area contributed by atoms with Crippen LogP contribution in [0.25, 0.3) is 0 Å². The average Bonchev–Trinajstić information content (AvgIpc) is 2.71. The lowest BCUT2D eigenvalue weighted by molar-refractivity contribution is 0.0904. The van der Waals surface area contributed by atoms with Crippen LogP contribution >= 0.6 is 15.9 Å². The minimum absolute atomic E-state index is 0.183. The highest BCUT2D eigenvalue weighted by Crippen LogP contribution is 2.24. The summed E-state index contributed by atoms with van der Waals surface area (Å²) < 4.78 is 25.8. The van der Waals surface area contributed by atoms with Gasteiger partial charge in [0.2, 0.25) is 5.95 Å². The molecule has 9 nitrogen and oxygen atoms in total. The van der Waals surface area contributed by atoms with E-state index in [0.717, 1.165) is 30.5 Å². The molecule has 1 fully saturated rings. The lowest BCUT2D eigenvalue weighted by Crippen LogP contribution is -2.30. The van der Waals surface area contributed by atoms with Crippen molar-refractivity contribution in [2.45, 2.75) is 30.7 Å². The molecule has 0 saturated carbocycles. The molecular formula is C19H24BrN5O4S. The average molecular weight is 498 g/mol. The second-order valence-corrected chi connectivity index (χ2v) is 9.45. The van der Waals surface area contributed by atoms with Crippen LogP contribution in [-0.2, 0) is 19.2 Å². The lowest BCUT2D eigenvalue weighted by Gasteiger charge is -2.24. The molecule has 0 spiro atoms. The fraction of sp³-hybridized carbons (Fsp3) is 0.368. The van der Waals surface area contributed by atoms with Crippen molar-refractivity contribution < 1.29 is 18.5 Å². The minimum Gasteiger partial charge on any atom is -0.449 e. The van der Waals surface area contributed by atoms with Crippen LogP contribution in [0.1, 0.15) is 19.8 Å². The molecule has 1 aromatic heterocycles. The van der Waals surface area contributed by atoms with E-state index in [1.165, 1.54) is 0 Å². The monoisotopic (exact) mass is 497 g/mol. The molecule has 30 heavy (non-hydrogen) atoms. The van der Waals surface area contributed by atoms with Crippen molar-refractivity contribution in [2.24, 2.45) is 0 Å². The van der Waals surface area contributed by atoms with E-state index in [2.05, 4.69) is 47.1 Å². The van der Waals surface area contributed by atoms with Crippen molar-refractivity contribution in [3.05, 3.63) is 34.9 Å². The molecule has 0 radical (unpaired) electrons. The third-order valence-corrected chi connectivity index (χ3v) is 6.43. The summed E-state index contributed by atoms with van der Waals surface area (Å²) in [5.74, 6) is 4.72. The minimum atomic E-state index is -3.01. The fourth-order valence-corrected chi connectivity index (χ4v) is 4.13. The van der Waals surface area contributed by atoms with Crippen LogP contribution in [0.4, 0.5) is 22.2 Å². The molecule has 1 atom stereocenters. The Morgan fingerprint density at radius 1 is 1.33 bits per heavy atom. The van der Waals surface area contributed by atoms with E-state index < -0.39 is 15.8 Å². The molecule has 1 aliphatic heterocycles. The summed E-state index contributed by atoms with van der Waals surface area (Å²) in [6.07, 6.45) is 2.75. The standard InChI is InChI=1S/C19H24BrN5O4S/c1-3-29-19(26)25-30(2,27)15-6-4-13(5-7-15)23-18-21-12-16(20)17(24-18)22-14-8-10-28-11-9-14/h4-7,12,14H,2-3,8-11H2,1H3,(H,25,26,27)(H2,21,22,23,24). The van der Waals surface area contributed by atoms with Gasteiger partial charge in [-0.3, -0.25) is 0 Å². The van der Waals surface area contributed by atoms with Gasteiger partial charge >= 0.3 is 6.09 Å². The summed E-state index contributed by atoms with van der Waals surface area (Å²) >= 11 is 3.47. The Kier molecular flexibility index (Phi) is 7.51. The summed E-state index contributed by atoms with van der Waals surface area (Å²) in [4.78, 5) is 20.7. The number of carbonyl (C=O) groups is 1. The summed E-state index contributed by atoms with van der Waals surface area (Å²) in [6.45, 7) is 3.32. The second kappa shape index (κ2) is 10.1. The highest BCUT2D eigenvalue weighted by molar-refractivity contribution is 9.10. The fourth-order valence-electron chi connectivity index (χ4n) is 2.81. The van der Waals surface area contributed by atoms with Gasteiger partial charge in [0, 0.05) is 36.0 Å². The number of hydrogen-bond donors (Lipinski definition) is 3. The first-order chi connectivity index (χ1) is 14.4. The molecule has 11 heteroatoms. The van der Waals surface area contributed by atoms with Crippen molar-refractivity contribution in [1.29, 1.82) is 0 Å². The number of rotatable bonds is 7. The predicted molar refractivity (Wildman–Crippen MR) is 121 cm³/mol. The first kappa shape index (κ1) is 22.3. The van der Waals surface area contributed by atoms with Crippen molar-refractivity contribution in [1.82, 2.24) is 14.7 Å². The Balaban J connectivity index is 1.68. The maximum Gasteiger partial charge on any atom is 0.418 e. The maximum absolute atomic E-state index is 12.6. The van der Waals surface area contributed by atoms with E-state index in [0.29, 0.717) is 28.4 Å². The zero-order chi connectivity index (χ0) is 21.6. The Morgan fingerprint density at radius 3 is 2.70 bits per heavy atom. The zero-order valence-electron chi connectivity index (χ0n) is 16.5. The smallest absolute Gasteiger partial charge is 0.418 e. The number of amides is 1. The topological polar surface area (TPSA) is 114 Å². The van der Waals surface area contributed by atoms with E-state index in [4.69, 9.17) is 9.47 Å². The molecule has 2 heterocycles. The van der Waals surface area contributed by atoms with Gasteiger partial charge in [-0.25, -0.2) is 18.7 Å². The van der Waals surface area contributed by atoms with Gasteiger partial charge in [-0.2, -0.15) is 4.98 Å². The molecule has 1 amide bonds. The summed E-state index contributed by atoms with van der Waals surface area (Å²) in [5.41, 5.74) is 0.699. The molecule has 3 rings (SSSR count). The van der Waals surface area contributed by atoms with Gasteiger partial charge in [0.05, 0.1) is 20.8 Å². The molecule has 0 bridgehead atoms. The van der Waals surface area contributed by atoms with Crippen molar-refractivity contribution in [3.63, 3.8) is 0 Å². The van der Waals surface area contributed by atoms with Gasteiger partial charge in [0.25, 0.3) is 0 Å². The van der Waals surface area contributed by atoms with Crippen molar-refractivity contribution >= 4 is 55.1 Å². The highest BCUT2D eigenvalue weighted by Gasteiger charge is 2.16. The maximum atomic E-state index is 12.6. The number of benzene rings is 1. The number of hydrogen-bond acceptors (Lipinski definition) is 8. The van der Waals surface area contributed by atoms with E-state index in [-0.39, 0.29) is 6.61 Å².